The molecule has 0 atom stereocenters. The van der Waals surface area contributed by atoms with Gasteiger partial charge in [0, 0.05) is 0 Å². The molecule has 1 amide bonds. The summed E-state index contributed by atoms with van der Waals surface area (Å²) in [5.74, 6) is -0.341. The van der Waals surface area contributed by atoms with Crippen LogP contribution >= 0.6 is 0 Å². The Morgan fingerprint density at radius 1 is 1.60 bits per heavy atom. The summed E-state index contributed by atoms with van der Waals surface area (Å²) in [6.45, 7) is 0. The van der Waals surface area contributed by atoms with E-state index in [0.29, 0.717) is 12.8 Å². The number of nitrogens with one attached hydrogen (secondary N) is 2. The smallest absolute Gasteiger partial charge is 0.274 e. The summed E-state index contributed by atoms with van der Waals surface area (Å²) in [5, 5.41) is 21.4. The van der Waals surface area contributed by atoms with Crippen LogP contribution in [0, 0.1) is 11.3 Å². The number of aromatic nitrogens is 3. The van der Waals surface area contributed by atoms with Gasteiger partial charge in [-0.05, 0) is 25.7 Å². The van der Waals surface area contributed by atoms with Crippen LogP contribution in [0.5, 0.6) is 0 Å². The molecule has 1 saturated carbocycles. The van der Waals surface area contributed by atoms with Crippen LogP contribution in [0.25, 0.3) is 0 Å². The van der Waals surface area contributed by atoms with Crippen LogP contribution in [0.15, 0.2) is 6.20 Å². The molecule has 0 unspecified atom stereocenters. The van der Waals surface area contributed by atoms with Gasteiger partial charge in [-0.1, -0.05) is 0 Å². The number of carbonyl (C=O) groups excluding carboxylic acids is 1. The predicted molar refractivity (Wildman–Crippen MR) is 50.7 cm³/mol. The number of carbonyl (C=O) groups is 1. The fourth-order valence-corrected chi connectivity index (χ4v) is 1.84. The second-order valence-electron chi connectivity index (χ2n) is 3.71. The Kier molecular flexibility index (Phi) is 2.37. The maximum absolute atomic E-state index is 11.6. The second kappa shape index (κ2) is 3.69. The van der Waals surface area contributed by atoms with Crippen molar-refractivity contribution in [1.29, 1.82) is 5.26 Å². The Balaban J connectivity index is 2.08. The Morgan fingerprint density at radius 2 is 2.33 bits per heavy atom. The van der Waals surface area contributed by atoms with Crippen molar-refractivity contribution in [3.05, 3.63) is 11.9 Å². The maximum Gasteiger partial charge on any atom is 0.274 e. The van der Waals surface area contributed by atoms with Gasteiger partial charge in [-0.2, -0.15) is 20.7 Å². The first-order chi connectivity index (χ1) is 7.26. The highest BCUT2D eigenvalue weighted by molar-refractivity contribution is 5.92. The van der Waals surface area contributed by atoms with Crippen molar-refractivity contribution in [3.63, 3.8) is 0 Å². The summed E-state index contributed by atoms with van der Waals surface area (Å²) in [6.07, 6.45) is 4.73. The molecule has 78 valence electrons. The standard InChI is InChI=1S/C9H11N5O/c10-6-9(3-1-2-4-9)12-8(15)7-5-11-14-13-7/h5H,1-4H2,(H,12,15)(H,11,13,14). The molecule has 0 saturated heterocycles. The number of H-pyrrole nitrogens is 1. The third-order valence-corrected chi connectivity index (χ3v) is 2.67. The molecule has 6 nitrogen and oxygen atoms in total. The fraction of sp³-hybridized carbons (Fsp3) is 0.556. The molecular formula is C9H11N5O. The highest BCUT2D eigenvalue weighted by Crippen LogP contribution is 2.28. The maximum atomic E-state index is 11.6. The molecule has 1 aliphatic carbocycles. The van der Waals surface area contributed by atoms with Gasteiger partial charge < -0.3 is 5.32 Å². The van der Waals surface area contributed by atoms with E-state index >= 15 is 0 Å². The van der Waals surface area contributed by atoms with Crippen LogP contribution in [0.1, 0.15) is 36.2 Å². The molecule has 2 N–H and O–H groups in total. The number of amides is 1. The third kappa shape index (κ3) is 1.81. The molecule has 0 spiro atoms. The molecular weight excluding hydrogens is 194 g/mol. The highest BCUT2D eigenvalue weighted by Gasteiger charge is 2.35. The summed E-state index contributed by atoms with van der Waals surface area (Å²) >= 11 is 0. The van der Waals surface area contributed by atoms with Gasteiger partial charge in [0.1, 0.15) is 5.54 Å². The van der Waals surface area contributed by atoms with E-state index in [2.05, 4.69) is 26.8 Å². The van der Waals surface area contributed by atoms with Crippen molar-refractivity contribution < 1.29 is 4.79 Å². The molecule has 1 heterocycles. The first-order valence-corrected chi connectivity index (χ1v) is 4.85. The summed E-state index contributed by atoms with van der Waals surface area (Å²) in [4.78, 5) is 11.6. The SMILES string of the molecule is N#CC1(NC(=O)c2cn[nH]n2)CCCC1. The summed E-state index contributed by atoms with van der Waals surface area (Å²) in [5.41, 5.74) is -0.479. The van der Waals surface area contributed by atoms with E-state index < -0.39 is 5.54 Å². The summed E-state index contributed by atoms with van der Waals surface area (Å²) in [6, 6.07) is 2.18. The van der Waals surface area contributed by atoms with E-state index in [1.165, 1.54) is 6.20 Å². The first-order valence-electron chi connectivity index (χ1n) is 4.85. The topological polar surface area (TPSA) is 94.5 Å². The van der Waals surface area contributed by atoms with Crippen LogP contribution in [0.2, 0.25) is 0 Å². The Bertz CT molecular complexity index is 385. The Morgan fingerprint density at radius 3 is 2.87 bits per heavy atom. The van der Waals surface area contributed by atoms with E-state index in [0.717, 1.165) is 12.8 Å². The molecule has 1 fully saturated rings. The van der Waals surface area contributed by atoms with E-state index in [1.54, 1.807) is 0 Å². The number of nitriles is 1. The van der Waals surface area contributed by atoms with Gasteiger partial charge in [0.25, 0.3) is 5.91 Å². The molecule has 0 bridgehead atoms. The summed E-state index contributed by atoms with van der Waals surface area (Å²) in [7, 11) is 0. The van der Waals surface area contributed by atoms with E-state index in [4.69, 9.17) is 5.26 Å². The quantitative estimate of drug-likeness (QED) is 0.729. The van der Waals surface area contributed by atoms with Crippen molar-refractivity contribution in [3.8, 4) is 6.07 Å². The second-order valence-corrected chi connectivity index (χ2v) is 3.71. The van der Waals surface area contributed by atoms with Crippen LogP contribution in [0.4, 0.5) is 0 Å². The average Bonchev–Trinajstić information content (AvgIpc) is 2.88. The number of aromatic amines is 1. The van der Waals surface area contributed by atoms with Gasteiger partial charge in [-0.3, -0.25) is 4.79 Å². The van der Waals surface area contributed by atoms with Crippen LogP contribution in [0.3, 0.4) is 0 Å². The molecule has 1 aromatic heterocycles. The van der Waals surface area contributed by atoms with Crippen molar-refractivity contribution >= 4 is 5.91 Å². The molecule has 1 aliphatic rings. The lowest BCUT2D eigenvalue weighted by molar-refractivity contribution is 0.0915. The average molecular weight is 205 g/mol. The zero-order valence-electron chi connectivity index (χ0n) is 8.16. The molecule has 15 heavy (non-hydrogen) atoms. The van der Waals surface area contributed by atoms with Gasteiger partial charge in [-0.25, -0.2) is 0 Å². The third-order valence-electron chi connectivity index (χ3n) is 2.67. The number of hydrogen-bond acceptors (Lipinski definition) is 4. The lowest BCUT2D eigenvalue weighted by Crippen LogP contribution is -2.45. The fourth-order valence-electron chi connectivity index (χ4n) is 1.84. The predicted octanol–water partition coefficient (Wildman–Crippen LogP) is 0.371. The van der Waals surface area contributed by atoms with Crippen molar-refractivity contribution in [2.24, 2.45) is 0 Å². The van der Waals surface area contributed by atoms with Gasteiger partial charge in [-0.15, -0.1) is 0 Å². The van der Waals surface area contributed by atoms with Crippen LogP contribution in [-0.4, -0.2) is 26.9 Å². The number of rotatable bonds is 2. The number of nitrogens with zero attached hydrogens (tertiary/aromatic N) is 3. The van der Waals surface area contributed by atoms with E-state index in [-0.39, 0.29) is 11.6 Å². The van der Waals surface area contributed by atoms with Gasteiger partial charge in [0.15, 0.2) is 5.69 Å². The minimum atomic E-state index is -0.698. The molecule has 0 aliphatic heterocycles. The Hall–Kier alpha value is -1.90. The van der Waals surface area contributed by atoms with Crippen LogP contribution in [-0.2, 0) is 0 Å². The molecule has 0 aromatic carbocycles. The normalized spacial score (nSPS) is 18.3. The summed E-state index contributed by atoms with van der Waals surface area (Å²) < 4.78 is 0. The zero-order chi connectivity index (χ0) is 10.7. The zero-order valence-corrected chi connectivity index (χ0v) is 8.16. The largest absolute Gasteiger partial charge is 0.332 e. The number of hydrogen-bond donors (Lipinski definition) is 2. The Labute approximate surface area is 86.7 Å². The molecule has 1 aromatic rings. The van der Waals surface area contributed by atoms with Gasteiger partial charge in [0.05, 0.1) is 12.3 Å². The lowest BCUT2D eigenvalue weighted by atomic mass is 10.00. The van der Waals surface area contributed by atoms with Gasteiger partial charge >= 0.3 is 0 Å². The minimum Gasteiger partial charge on any atom is -0.332 e. The molecule has 6 heteroatoms. The van der Waals surface area contributed by atoms with Gasteiger partial charge in [0.2, 0.25) is 0 Å². The van der Waals surface area contributed by atoms with Crippen LogP contribution < -0.4 is 5.32 Å². The van der Waals surface area contributed by atoms with Crippen molar-refractivity contribution in [1.82, 2.24) is 20.7 Å². The lowest BCUT2D eigenvalue weighted by Gasteiger charge is -2.20. The molecule has 0 radical (unpaired) electrons. The first kappa shape index (κ1) is 9.65. The van der Waals surface area contributed by atoms with E-state index in [9.17, 15) is 4.79 Å². The highest BCUT2D eigenvalue weighted by atomic mass is 16.2. The monoisotopic (exact) mass is 205 g/mol. The molecule has 2 rings (SSSR count). The van der Waals surface area contributed by atoms with Crippen molar-refractivity contribution in [2.75, 3.05) is 0 Å². The van der Waals surface area contributed by atoms with Crippen molar-refractivity contribution in [2.45, 2.75) is 31.2 Å². The van der Waals surface area contributed by atoms with E-state index in [1.807, 2.05) is 0 Å². The minimum absolute atomic E-state index is 0.219.